The quantitative estimate of drug-likeness (QED) is 0.156. The monoisotopic (exact) mass is 715 g/mol. The molecule has 2 amide bonds. The summed E-state index contributed by atoms with van der Waals surface area (Å²) < 4.78 is 41.5. The van der Waals surface area contributed by atoms with E-state index in [4.69, 9.17) is 28.2 Å². The second-order valence-corrected chi connectivity index (χ2v) is 14.0. The molecule has 7 rings (SSSR count). The van der Waals surface area contributed by atoms with E-state index in [1.807, 2.05) is 17.7 Å². The van der Waals surface area contributed by atoms with E-state index in [1.54, 1.807) is 18.2 Å². The Labute approximate surface area is 290 Å². The Morgan fingerprint density at radius 1 is 1.02 bits per heavy atom. The molecule has 0 radical (unpaired) electrons. The molecule has 0 spiro atoms. The van der Waals surface area contributed by atoms with Gasteiger partial charge in [0.25, 0.3) is 11.8 Å². The molecule has 258 valence electrons. The predicted molar refractivity (Wildman–Crippen MR) is 181 cm³/mol. The van der Waals surface area contributed by atoms with Crippen LogP contribution in [0.1, 0.15) is 58.4 Å². The molecule has 1 aliphatic heterocycles. The van der Waals surface area contributed by atoms with Crippen molar-refractivity contribution in [1.29, 1.82) is 0 Å². The van der Waals surface area contributed by atoms with Crippen LogP contribution in [-0.2, 0) is 13.6 Å². The van der Waals surface area contributed by atoms with Crippen molar-refractivity contribution in [2.45, 2.75) is 50.9 Å². The number of imidazole rings is 1. The molecule has 2 saturated carbocycles. The standard InChI is InChI=1S/C34H34Cl2F3N7O3/c1-45-28-11-27(46-15-19-8-20(19)16-46)24(32(49)42-22-5-3-21(4-6-22)34(37,38)39)10-26(28)43-33(45)44-30-25(35)7-2-17(29(30)36)13-41-31(48)18-9-23(47)14-40-12-18/h2,7,9-12,14,19-22,47H,3-6,8,13,15-16H2,1H3,(H,41,48)(H,42,49)(H,43,44). The van der Waals surface area contributed by atoms with Gasteiger partial charge in [-0.25, -0.2) is 4.98 Å². The first-order valence-corrected chi connectivity index (χ1v) is 16.9. The van der Waals surface area contributed by atoms with Crippen molar-refractivity contribution in [2.75, 3.05) is 23.3 Å². The lowest BCUT2D eigenvalue weighted by Crippen LogP contribution is -2.40. The SMILES string of the molecule is Cn1c(Nc2c(Cl)ccc(CNC(=O)c3cncc(O)c3)c2Cl)nc2cc(C(=O)NC3CCC(C(F)(F)F)CC3)c(N3CC4CC4C3)cc21. The molecule has 10 nitrogen and oxygen atoms in total. The van der Waals surface area contributed by atoms with Crippen LogP contribution in [0.25, 0.3) is 11.0 Å². The summed E-state index contributed by atoms with van der Waals surface area (Å²) in [5.74, 6) is -0.614. The van der Waals surface area contributed by atoms with Crippen LogP contribution in [-0.4, -0.2) is 56.8 Å². The van der Waals surface area contributed by atoms with Crippen molar-refractivity contribution < 1.29 is 27.9 Å². The summed E-state index contributed by atoms with van der Waals surface area (Å²) in [6.07, 6.45) is 0.0790. The molecule has 3 fully saturated rings. The fourth-order valence-electron chi connectivity index (χ4n) is 6.99. The van der Waals surface area contributed by atoms with Gasteiger partial charge in [-0.05, 0) is 73.8 Å². The number of rotatable bonds is 8. The number of carbonyl (C=O) groups is 2. The summed E-state index contributed by atoms with van der Waals surface area (Å²) in [5.41, 5.74) is 3.65. The Morgan fingerprint density at radius 3 is 2.45 bits per heavy atom. The molecule has 0 bridgehead atoms. The lowest BCUT2D eigenvalue weighted by atomic mass is 9.85. The Morgan fingerprint density at radius 2 is 1.76 bits per heavy atom. The Kier molecular flexibility index (Phi) is 8.76. The van der Waals surface area contributed by atoms with Crippen molar-refractivity contribution in [3.63, 3.8) is 0 Å². The normalized spacial score (nSPS) is 21.8. The second kappa shape index (κ2) is 12.9. The first kappa shape index (κ1) is 33.3. The van der Waals surface area contributed by atoms with Crippen molar-refractivity contribution in [3.8, 4) is 5.75 Å². The number of benzene rings is 2. The van der Waals surface area contributed by atoms with E-state index in [-0.39, 0.29) is 60.5 Å². The topological polar surface area (TPSA) is 124 Å². The molecule has 3 aliphatic rings. The van der Waals surface area contributed by atoms with Gasteiger partial charge in [0.05, 0.1) is 55.7 Å². The Hall–Kier alpha value is -4.23. The molecule has 2 aliphatic carbocycles. The molecule has 1 saturated heterocycles. The molecule has 2 atom stereocenters. The van der Waals surface area contributed by atoms with Crippen molar-refractivity contribution in [2.24, 2.45) is 24.8 Å². The molecule has 3 heterocycles. The lowest BCUT2D eigenvalue weighted by Gasteiger charge is -2.31. The van der Waals surface area contributed by atoms with Crippen LogP contribution in [0.5, 0.6) is 5.75 Å². The zero-order valence-electron chi connectivity index (χ0n) is 26.5. The maximum atomic E-state index is 13.7. The summed E-state index contributed by atoms with van der Waals surface area (Å²) in [4.78, 5) is 37.2. The fraction of sp³-hybridized carbons (Fsp3) is 0.412. The maximum Gasteiger partial charge on any atom is 0.391 e. The summed E-state index contributed by atoms with van der Waals surface area (Å²) in [6, 6.07) is 8.00. The van der Waals surface area contributed by atoms with Gasteiger partial charge in [0, 0.05) is 38.9 Å². The van der Waals surface area contributed by atoms with Crippen LogP contribution in [0.4, 0.5) is 30.5 Å². The van der Waals surface area contributed by atoms with Gasteiger partial charge >= 0.3 is 6.18 Å². The highest BCUT2D eigenvalue weighted by atomic mass is 35.5. The minimum atomic E-state index is -4.22. The summed E-state index contributed by atoms with van der Waals surface area (Å²) in [6.45, 7) is 1.75. The van der Waals surface area contributed by atoms with E-state index in [9.17, 15) is 27.9 Å². The minimum Gasteiger partial charge on any atom is -0.506 e. The number of pyridine rings is 1. The van der Waals surface area contributed by atoms with Gasteiger partial charge in [0.15, 0.2) is 0 Å². The van der Waals surface area contributed by atoms with Gasteiger partial charge in [0.1, 0.15) is 5.75 Å². The zero-order chi connectivity index (χ0) is 34.6. The molecule has 2 unspecified atom stereocenters. The highest BCUT2D eigenvalue weighted by Gasteiger charge is 2.46. The van der Waals surface area contributed by atoms with Gasteiger partial charge in [-0.3, -0.25) is 14.6 Å². The largest absolute Gasteiger partial charge is 0.506 e. The lowest BCUT2D eigenvalue weighted by molar-refractivity contribution is -0.182. The molecule has 49 heavy (non-hydrogen) atoms. The average Bonchev–Trinajstić information content (AvgIpc) is 3.55. The van der Waals surface area contributed by atoms with E-state index in [1.165, 1.54) is 24.9 Å². The summed E-state index contributed by atoms with van der Waals surface area (Å²) in [7, 11) is 1.83. The van der Waals surface area contributed by atoms with Crippen molar-refractivity contribution >= 4 is 63.4 Å². The van der Waals surface area contributed by atoms with Crippen LogP contribution in [0.3, 0.4) is 0 Å². The first-order chi connectivity index (χ1) is 23.4. The van der Waals surface area contributed by atoms with E-state index >= 15 is 0 Å². The molecular formula is C34H34Cl2F3N7O3. The number of nitrogens with zero attached hydrogens (tertiary/aromatic N) is 4. The number of halogens is 5. The number of aromatic hydroxyl groups is 1. The smallest absolute Gasteiger partial charge is 0.391 e. The van der Waals surface area contributed by atoms with E-state index < -0.39 is 18.0 Å². The van der Waals surface area contributed by atoms with Crippen LogP contribution in [0.15, 0.2) is 42.7 Å². The number of amides is 2. The van der Waals surface area contributed by atoms with E-state index in [2.05, 4.69) is 25.8 Å². The minimum absolute atomic E-state index is 0.00115. The molecule has 15 heteroatoms. The number of hydrogen-bond acceptors (Lipinski definition) is 7. The first-order valence-electron chi connectivity index (χ1n) is 16.1. The molecular weight excluding hydrogens is 682 g/mol. The molecule has 2 aromatic heterocycles. The highest BCUT2D eigenvalue weighted by molar-refractivity contribution is 6.39. The number of alkyl halides is 3. The second-order valence-electron chi connectivity index (χ2n) is 13.2. The molecule has 4 aromatic rings. The number of nitrogens with one attached hydrogen (secondary N) is 3. The summed E-state index contributed by atoms with van der Waals surface area (Å²) in [5, 5.41) is 19.2. The average molecular weight is 717 g/mol. The third-order valence-corrected chi connectivity index (χ3v) is 10.7. The van der Waals surface area contributed by atoms with Gasteiger partial charge in [-0.15, -0.1) is 0 Å². The number of fused-ring (bicyclic) bond motifs is 2. The van der Waals surface area contributed by atoms with Crippen LogP contribution in [0, 0.1) is 17.8 Å². The number of piperidine rings is 1. The van der Waals surface area contributed by atoms with Crippen molar-refractivity contribution in [1.82, 2.24) is 25.2 Å². The Balaban J connectivity index is 1.13. The van der Waals surface area contributed by atoms with Crippen LogP contribution in [0.2, 0.25) is 10.0 Å². The number of hydrogen-bond donors (Lipinski definition) is 4. The number of carbonyl (C=O) groups excluding carboxylic acids is 2. The summed E-state index contributed by atoms with van der Waals surface area (Å²) >= 11 is 13.4. The number of aromatic nitrogens is 3. The van der Waals surface area contributed by atoms with E-state index in [0.717, 1.165) is 24.3 Å². The van der Waals surface area contributed by atoms with Gasteiger partial charge in [-0.2, -0.15) is 13.2 Å². The fourth-order valence-corrected chi connectivity index (χ4v) is 7.53. The third kappa shape index (κ3) is 6.83. The van der Waals surface area contributed by atoms with Crippen LogP contribution >= 0.6 is 23.2 Å². The number of anilines is 3. The Bertz CT molecular complexity index is 1930. The molecule has 2 aromatic carbocycles. The van der Waals surface area contributed by atoms with Crippen LogP contribution < -0.4 is 20.9 Å². The zero-order valence-corrected chi connectivity index (χ0v) is 28.0. The van der Waals surface area contributed by atoms with Gasteiger partial charge < -0.3 is 30.5 Å². The predicted octanol–water partition coefficient (Wildman–Crippen LogP) is 6.96. The highest BCUT2D eigenvalue weighted by Crippen LogP contribution is 2.47. The van der Waals surface area contributed by atoms with Gasteiger partial charge in [-0.1, -0.05) is 29.3 Å². The van der Waals surface area contributed by atoms with Crippen molar-refractivity contribution in [3.05, 3.63) is 69.5 Å². The number of aryl methyl sites for hydroxylation is 1. The van der Waals surface area contributed by atoms with Gasteiger partial charge in [0.2, 0.25) is 5.95 Å². The molecule has 4 N–H and O–H groups in total. The third-order valence-electron chi connectivity index (χ3n) is 9.92. The van der Waals surface area contributed by atoms with E-state index in [0.29, 0.717) is 45.1 Å². The maximum absolute atomic E-state index is 13.7.